The summed E-state index contributed by atoms with van der Waals surface area (Å²) in [5.41, 5.74) is 9.13. The minimum absolute atomic E-state index is 0.0314. The van der Waals surface area contributed by atoms with Gasteiger partial charge >= 0.3 is 0 Å². The Kier molecular flexibility index (Phi) is 5.94. The lowest BCUT2D eigenvalue weighted by Crippen LogP contribution is -2.20. The summed E-state index contributed by atoms with van der Waals surface area (Å²) in [4.78, 5) is 12.6. The van der Waals surface area contributed by atoms with Crippen LogP contribution in [0.4, 0.5) is 10.2 Å². The molecule has 5 nitrogen and oxygen atoms in total. The van der Waals surface area contributed by atoms with E-state index in [1.54, 1.807) is 6.07 Å². The van der Waals surface area contributed by atoms with Gasteiger partial charge in [0.1, 0.15) is 11.5 Å². The zero-order valence-electron chi connectivity index (χ0n) is 18.7. The van der Waals surface area contributed by atoms with Gasteiger partial charge in [-0.15, -0.1) is 10.2 Å². The molecule has 0 saturated heterocycles. The number of amides is 1. The molecule has 2 saturated carbocycles. The van der Waals surface area contributed by atoms with Gasteiger partial charge in [0.15, 0.2) is 5.82 Å². The van der Waals surface area contributed by atoms with Crippen LogP contribution in [0.5, 0.6) is 0 Å². The lowest BCUT2D eigenvalue weighted by atomic mass is 9.87. The number of benzene rings is 2. The average Bonchev–Trinajstić information content (AvgIpc) is 3.58. The number of rotatable bonds is 6. The second-order valence-corrected chi connectivity index (χ2v) is 9.46. The van der Waals surface area contributed by atoms with E-state index < -0.39 is 5.54 Å². The summed E-state index contributed by atoms with van der Waals surface area (Å²) in [6, 6.07) is 16.7. The quantitative estimate of drug-likeness (QED) is 0.503. The predicted molar refractivity (Wildman–Crippen MR) is 128 cm³/mol. The lowest BCUT2D eigenvalue weighted by Gasteiger charge is -2.20. The summed E-state index contributed by atoms with van der Waals surface area (Å²) in [5.74, 6) is 0.502. The van der Waals surface area contributed by atoms with Gasteiger partial charge in [-0.05, 0) is 49.3 Å². The van der Waals surface area contributed by atoms with Gasteiger partial charge in [0.25, 0.3) is 0 Å². The lowest BCUT2D eigenvalue weighted by molar-refractivity contribution is -0.117. The molecule has 2 aromatic carbocycles. The molecule has 2 fully saturated rings. The van der Waals surface area contributed by atoms with Crippen LogP contribution in [0.1, 0.15) is 56.9 Å². The van der Waals surface area contributed by atoms with Gasteiger partial charge in [-0.2, -0.15) is 0 Å². The molecule has 1 heterocycles. The minimum Gasteiger partial charge on any atom is -0.321 e. The molecule has 1 amide bonds. The number of hydrogen-bond donors (Lipinski definition) is 2. The Hall–Kier alpha value is -3.12. The normalized spacial score (nSPS) is 17.5. The van der Waals surface area contributed by atoms with Gasteiger partial charge in [0, 0.05) is 28.7 Å². The number of halogens is 1. The van der Waals surface area contributed by atoms with Crippen molar-refractivity contribution in [3.05, 3.63) is 66.0 Å². The first kappa shape index (κ1) is 21.7. The summed E-state index contributed by atoms with van der Waals surface area (Å²) in [5, 5.41) is 11.6. The minimum atomic E-state index is -0.539. The van der Waals surface area contributed by atoms with Crippen molar-refractivity contribution >= 4 is 11.7 Å². The molecule has 0 spiro atoms. The molecule has 0 aliphatic heterocycles. The summed E-state index contributed by atoms with van der Waals surface area (Å²) in [7, 11) is 0. The van der Waals surface area contributed by atoms with Crippen LogP contribution < -0.4 is 11.1 Å². The fourth-order valence-corrected chi connectivity index (χ4v) is 4.82. The van der Waals surface area contributed by atoms with Crippen LogP contribution in [-0.4, -0.2) is 16.1 Å². The molecule has 170 valence electrons. The van der Waals surface area contributed by atoms with Crippen molar-refractivity contribution in [2.75, 3.05) is 5.32 Å². The number of nitrogens with zero attached hydrogens (tertiary/aromatic N) is 2. The molecular weight excluding hydrogens is 415 g/mol. The SMILES string of the molecule is NC1(c2ccc(-c3nnc(NC(=O)CC4CCCCC4)cc3-c3ccccc3)cc2F)CC1. The first-order valence-electron chi connectivity index (χ1n) is 11.8. The molecule has 0 radical (unpaired) electrons. The van der Waals surface area contributed by atoms with Crippen molar-refractivity contribution in [3.8, 4) is 22.4 Å². The monoisotopic (exact) mass is 444 g/mol. The van der Waals surface area contributed by atoms with Gasteiger partial charge in [-0.1, -0.05) is 61.7 Å². The number of carbonyl (C=O) groups excluding carboxylic acids is 1. The molecule has 0 atom stereocenters. The van der Waals surface area contributed by atoms with Crippen LogP contribution in [0.3, 0.4) is 0 Å². The van der Waals surface area contributed by atoms with Crippen molar-refractivity contribution < 1.29 is 9.18 Å². The third-order valence-corrected chi connectivity index (χ3v) is 6.91. The maximum atomic E-state index is 14.9. The zero-order valence-corrected chi connectivity index (χ0v) is 18.7. The van der Waals surface area contributed by atoms with Crippen molar-refractivity contribution in [3.63, 3.8) is 0 Å². The topological polar surface area (TPSA) is 80.9 Å². The summed E-state index contributed by atoms with van der Waals surface area (Å²) in [6.45, 7) is 0. The van der Waals surface area contributed by atoms with E-state index in [2.05, 4.69) is 15.5 Å². The first-order chi connectivity index (χ1) is 16.0. The number of aromatic nitrogens is 2. The summed E-state index contributed by atoms with van der Waals surface area (Å²) in [6.07, 6.45) is 7.99. The summed E-state index contributed by atoms with van der Waals surface area (Å²) >= 11 is 0. The Morgan fingerprint density at radius 3 is 2.45 bits per heavy atom. The Bertz CT molecular complexity index is 1150. The molecule has 1 aromatic heterocycles. The molecule has 6 heteroatoms. The first-order valence-corrected chi connectivity index (χ1v) is 11.8. The van der Waals surface area contributed by atoms with Gasteiger partial charge in [-0.3, -0.25) is 4.79 Å². The second kappa shape index (κ2) is 9.02. The van der Waals surface area contributed by atoms with E-state index in [4.69, 9.17) is 5.73 Å². The Morgan fingerprint density at radius 1 is 1.00 bits per heavy atom. The number of anilines is 1. The maximum Gasteiger partial charge on any atom is 0.225 e. The molecular formula is C27H29FN4O. The van der Waals surface area contributed by atoms with Crippen molar-refractivity contribution in [1.29, 1.82) is 0 Å². The van der Waals surface area contributed by atoms with Crippen LogP contribution in [0.15, 0.2) is 54.6 Å². The number of hydrogen-bond acceptors (Lipinski definition) is 4. The van der Waals surface area contributed by atoms with E-state index in [-0.39, 0.29) is 11.7 Å². The van der Waals surface area contributed by atoms with Gasteiger partial charge < -0.3 is 11.1 Å². The molecule has 3 aromatic rings. The van der Waals surface area contributed by atoms with E-state index in [0.717, 1.165) is 36.8 Å². The highest BCUT2D eigenvalue weighted by Crippen LogP contribution is 2.44. The largest absolute Gasteiger partial charge is 0.321 e. The van der Waals surface area contributed by atoms with E-state index in [1.165, 1.54) is 25.3 Å². The summed E-state index contributed by atoms with van der Waals surface area (Å²) < 4.78 is 14.9. The highest BCUT2D eigenvalue weighted by molar-refractivity contribution is 5.91. The number of carbonyl (C=O) groups is 1. The highest BCUT2D eigenvalue weighted by atomic mass is 19.1. The van der Waals surface area contributed by atoms with Crippen LogP contribution in [-0.2, 0) is 10.3 Å². The van der Waals surface area contributed by atoms with Crippen molar-refractivity contribution in [2.24, 2.45) is 11.7 Å². The predicted octanol–water partition coefficient (Wildman–Crippen LogP) is 5.81. The fourth-order valence-electron chi connectivity index (χ4n) is 4.82. The second-order valence-electron chi connectivity index (χ2n) is 9.46. The van der Waals surface area contributed by atoms with Crippen molar-refractivity contribution in [2.45, 2.75) is 56.9 Å². The smallest absolute Gasteiger partial charge is 0.225 e. The van der Waals surface area contributed by atoms with Crippen LogP contribution in [0.2, 0.25) is 0 Å². The van der Waals surface area contributed by atoms with Crippen LogP contribution in [0.25, 0.3) is 22.4 Å². The Labute approximate surface area is 193 Å². The van der Waals surface area contributed by atoms with Crippen molar-refractivity contribution in [1.82, 2.24) is 10.2 Å². The average molecular weight is 445 g/mol. The number of nitrogens with one attached hydrogen (secondary N) is 1. The van der Waals surface area contributed by atoms with E-state index in [0.29, 0.717) is 35.0 Å². The fraction of sp³-hybridized carbons (Fsp3) is 0.370. The van der Waals surface area contributed by atoms with E-state index in [9.17, 15) is 9.18 Å². The number of nitrogens with two attached hydrogens (primary N) is 1. The van der Waals surface area contributed by atoms with E-state index in [1.807, 2.05) is 42.5 Å². The highest BCUT2D eigenvalue weighted by Gasteiger charge is 2.42. The molecule has 33 heavy (non-hydrogen) atoms. The molecule has 0 unspecified atom stereocenters. The molecule has 3 N–H and O–H groups in total. The van der Waals surface area contributed by atoms with Crippen LogP contribution >= 0.6 is 0 Å². The zero-order chi connectivity index (χ0) is 22.8. The van der Waals surface area contributed by atoms with Crippen LogP contribution in [0, 0.1) is 11.7 Å². The van der Waals surface area contributed by atoms with Gasteiger partial charge in [-0.25, -0.2) is 4.39 Å². The van der Waals surface area contributed by atoms with E-state index >= 15 is 0 Å². The van der Waals surface area contributed by atoms with Gasteiger partial charge in [0.05, 0.1) is 0 Å². The Morgan fingerprint density at radius 2 is 1.76 bits per heavy atom. The third kappa shape index (κ3) is 4.81. The molecule has 2 aliphatic carbocycles. The molecule has 0 bridgehead atoms. The van der Waals surface area contributed by atoms with Gasteiger partial charge in [0.2, 0.25) is 5.91 Å². The molecule has 2 aliphatic rings. The maximum absolute atomic E-state index is 14.9. The standard InChI is InChI=1S/C27H29FN4O/c28-23-16-20(11-12-22(23)27(29)13-14-27)26-21(19-9-5-2-6-10-19)17-24(31-32-26)30-25(33)15-18-7-3-1-4-8-18/h2,5-6,9-12,16-18H,1,3-4,7-8,13-15,29H2,(H,30,31,33). The third-order valence-electron chi connectivity index (χ3n) is 6.91. The molecule has 5 rings (SSSR count). The Balaban J connectivity index is 1.44.